The normalized spacial score (nSPS) is 10.6. The molecule has 1 aromatic carbocycles. The molecule has 0 aliphatic rings. The molecule has 104 valence electrons. The standard InChI is InChI=1S/C13H9Cl3N2O2/c14-7-3-9(15)12(10(16)4-7)8-1-6(2-11(19)20)5-18-13(8)17/h1,3-5H,2H2,(H2,17,18)(H,19,20). The monoisotopic (exact) mass is 330 g/mol. The van der Waals surface area contributed by atoms with Crippen LogP contribution in [-0.4, -0.2) is 16.1 Å². The van der Waals surface area contributed by atoms with E-state index in [1.165, 1.54) is 18.3 Å². The number of hydrogen-bond donors (Lipinski definition) is 2. The van der Waals surface area contributed by atoms with Gasteiger partial charge in [0.05, 0.1) is 16.5 Å². The van der Waals surface area contributed by atoms with Crippen molar-refractivity contribution in [3.8, 4) is 11.1 Å². The molecule has 2 aromatic rings. The van der Waals surface area contributed by atoms with Crippen LogP contribution in [0.2, 0.25) is 15.1 Å². The van der Waals surface area contributed by atoms with Gasteiger partial charge in [-0.1, -0.05) is 34.8 Å². The number of halogens is 3. The summed E-state index contributed by atoms with van der Waals surface area (Å²) in [4.78, 5) is 14.7. The molecule has 20 heavy (non-hydrogen) atoms. The van der Waals surface area contributed by atoms with Gasteiger partial charge in [-0.2, -0.15) is 0 Å². The number of carbonyl (C=O) groups is 1. The number of benzene rings is 1. The average molecular weight is 332 g/mol. The minimum absolute atomic E-state index is 0.164. The van der Waals surface area contributed by atoms with E-state index in [1.807, 2.05) is 0 Å². The maximum atomic E-state index is 10.8. The zero-order valence-corrected chi connectivity index (χ0v) is 12.3. The summed E-state index contributed by atoms with van der Waals surface area (Å²) in [7, 11) is 0. The number of anilines is 1. The smallest absolute Gasteiger partial charge is 0.307 e. The van der Waals surface area contributed by atoms with Crippen molar-refractivity contribution in [3.63, 3.8) is 0 Å². The summed E-state index contributed by atoms with van der Waals surface area (Å²) in [6.07, 6.45) is 1.24. The number of nitrogens with zero attached hydrogens (tertiary/aromatic N) is 1. The van der Waals surface area contributed by atoms with Gasteiger partial charge < -0.3 is 10.8 Å². The van der Waals surface area contributed by atoms with E-state index >= 15 is 0 Å². The first kappa shape index (κ1) is 14.9. The third-order valence-electron chi connectivity index (χ3n) is 2.61. The molecule has 0 unspecified atom stereocenters. The maximum Gasteiger partial charge on any atom is 0.307 e. The van der Waals surface area contributed by atoms with Crippen molar-refractivity contribution in [2.45, 2.75) is 6.42 Å². The van der Waals surface area contributed by atoms with Gasteiger partial charge in [0.2, 0.25) is 0 Å². The number of pyridine rings is 1. The Hall–Kier alpha value is -1.49. The van der Waals surface area contributed by atoms with Gasteiger partial charge in [-0.25, -0.2) is 4.98 Å². The molecule has 2 rings (SSSR count). The summed E-state index contributed by atoms with van der Waals surface area (Å²) in [6, 6.07) is 4.68. The molecule has 0 aliphatic heterocycles. The summed E-state index contributed by atoms with van der Waals surface area (Å²) >= 11 is 18.1. The lowest BCUT2D eigenvalue weighted by atomic mass is 10.0. The van der Waals surface area contributed by atoms with Crippen LogP contribution in [0.5, 0.6) is 0 Å². The molecule has 0 bridgehead atoms. The van der Waals surface area contributed by atoms with E-state index in [4.69, 9.17) is 45.6 Å². The van der Waals surface area contributed by atoms with Crippen LogP contribution >= 0.6 is 34.8 Å². The molecule has 0 radical (unpaired) electrons. The second-order valence-corrected chi connectivity index (χ2v) is 5.34. The predicted molar refractivity (Wildman–Crippen MR) is 80.5 cm³/mol. The first-order chi connectivity index (χ1) is 9.38. The molecular weight excluding hydrogens is 323 g/mol. The topological polar surface area (TPSA) is 76.2 Å². The second kappa shape index (κ2) is 5.87. The van der Waals surface area contributed by atoms with E-state index in [0.717, 1.165) is 0 Å². The zero-order chi connectivity index (χ0) is 14.9. The van der Waals surface area contributed by atoms with Crippen LogP contribution in [-0.2, 0) is 11.2 Å². The quantitative estimate of drug-likeness (QED) is 0.893. The highest BCUT2D eigenvalue weighted by Gasteiger charge is 2.15. The fourth-order valence-electron chi connectivity index (χ4n) is 1.79. The minimum atomic E-state index is -0.962. The molecule has 7 heteroatoms. The van der Waals surface area contributed by atoms with Gasteiger partial charge in [-0.05, 0) is 23.8 Å². The molecular formula is C13H9Cl3N2O2. The molecule has 4 nitrogen and oxygen atoms in total. The van der Waals surface area contributed by atoms with Gasteiger partial charge in [0.25, 0.3) is 0 Å². The Morgan fingerprint density at radius 3 is 2.35 bits per heavy atom. The third kappa shape index (κ3) is 3.15. The summed E-state index contributed by atoms with van der Waals surface area (Å²) in [6.45, 7) is 0. The number of carboxylic acids is 1. The van der Waals surface area contributed by atoms with E-state index in [1.54, 1.807) is 6.07 Å². The van der Waals surface area contributed by atoms with E-state index in [2.05, 4.69) is 4.98 Å². The Labute approximate surface area is 130 Å². The molecule has 0 saturated carbocycles. The molecule has 0 atom stereocenters. The SMILES string of the molecule is Nc1ncc(CC(=O)O)cc1-c1c(Cl)cc(Cl)cc1Cl. The number of hydrogen-bond acceptors (Lipinski definition) is 3. The Kier molecular flexibility index (Phi) is 4.38. The summed E-state index contributed by atoms with van der Waals surface area (Å²) < 4.78 is 0. The Morgan fingerprint density at radius 1 is 1.20 bits per heavy atom. The van der Waals surface area contributed by atoms with Crippen molar-refractivity contribution in [1.29, 1.82) is 0 Å². The molecule has 0 fully saturated rings. The lowest BCUT2D eigenvalue weighted by Gasteiger charge is -2.11. The Morgan fingerprint density at radius 2 is 1.80 bits per heavy atom. The summed E-state index contributed by atoms with van der Waals surface area (Å²) in [5.74, 6) is -0.749. The number of rotatable bonds is 3. The lowest BCUT2D eigenvalue weighted by molar-refractivity contribution is -0.136. The van der Waals surface area contributed by atoms with Gasteiger partial charge in [0, 0.05) is 22.3 Å². The third-order valence-corrected chi connectivity index (χ3v) is 3.42. The van der Waals surface area contributed by atoms with Gasteiger partial charge in [-0.3, -0.25) is 4.79 Å². The van der Waals surface area contributed by atoms with E-state index < -0.39 is 5.97 Å². The Balaban J connectivity index is 2.60. The average Bonchev–Trinajstić information content (AvgIpc) is 2.31. The van der Waals surface area contributed by atoms with Crippen molar-refractivity contribution in [2.24, 2.45) is 0 Å². The minimum Gasteiger partial charge on any atom is -0.481 e. The van der Waals surface area contributed by atoms with Gasteiger partial charge >= 0.3 is 5.97 Å². The first-order valence-electron chi connectivity index (χ1n) is 5.49. The van der Waals surface area contributed by atoms with Crippen LogP contribution in [0.1, 0.15) is 5.56 Å². The molecule has 0 aliphatic carbocycles. The maximum absolute atomic E-state index is 10.8. The highest BCUT2D eigenvalue weighted by molar-refractivity contribution is 6.42. The van der Waals surface area contributed by atoms with Crippen molar-refractivity contribution in [3.05, 3.63) is 45.0 Å². The number of nitrogens with two attached hydrogens (primary N) is 1. The fraction of sp³-hybridized carbons (Fsp3) is 0.0769. The Bertz CT molecular complexity index is 666. The predicted octanol–water partition coefficient (Wildman–Crippen LogP) is 3.92. The first-order valence-corrected chi connectivity index (χ1v) is 6.63. The van der Waals surface area contributed by atoms with E-state index in [-0.39, 0.29) is 12.2 Å². The van der Waals surface area contributed by atoms with Crippen LogP contribution in [0.15, 0.2) is 24.4 Å². The van der Waals surface area contributed by atoms with E-state index in [0.29, 0.717) is 31.8 Å². The van der Waals surface area contributed by atoms with Crippen molar-refractivity contribution in [2.75, 3.05) is 5.73 Å². The summed E-state index contributed by atoms with van der Waals surface area (Å²) in [5.41, 5.74) is 7.29. The van der Waals surface area contributed by atoms with Gasteiger partial charge in [0.1, 0.15) is 5.82 Å². The van der Waals surface area contributed by atoms with Crippen LogP contribution in [0.25, 0.3) is 11.1 Å². The van der Waals surface area contributed by atoms with Gasteiger partial charge in [0.15, 0.2) is 0 Å². The van der Waals surface area contributed by atoms with Crippen molar-refractivity contribution >= 4 is 46.6 Å². The van der Waals surface area contributed by atoms with Crippen molar-refractivity contribution in [1.82, 2.24) is 4.98 Å². The molecule has 1 aromatic heterocycles. The molecule has 0 spiro atoms. The molecule has 0 amide bonds. The largest absolute Gasteiger partial charge is 0.481 e. The van der Waals surface area contributed by atoms with Crippen LogP contribution < -0.4 is 5.73 Å². The highest BCUT2D eigenvalue weighted by atomic mass is 35.5. The van der Waals surface area contributed by atoms with Crippen LogP contribution in [0, 0.1) is 0 Å². The molecule has 0 saturated heterocycles. The van der Waals surface area contributed by atoms with Gasteiger partial charge in [-0.15, -0.1) is 0 Å². The zero-order valence-electron chi connectivity index (χ0n) is 10.0. The molecule has 3 N–H and O–H groups in total. The number of aliphatic carboxylic acids is 1. The van der Waals surface area contributed by atoms with Crippen LogP contribution in [0.3, 0.4) is 0 Å². The highest BCUT2D eigenvalue weighted by Crippen LogP contribution is 2.39. The fourth-order valence-corrected chi connectivity index (χ4v) is 2.81. The molecule has 1 heterocycles. The number of nitrogen functional groups attached to an aromatic ring is 1. The second-order valence-electron chi connectivity index (χ2n) is 4.09. The van der Waals surface area contributed by atoms with Crippen molar-refractivity contribution < 1.29 is 9.90 Å². The number of carboxylic acid groups (broad SMARTS) is 1. The van der Waals surface area contributed by atoms with E-state index in [9.17, 15) is 4.79 Å². The number of aromatic nitrogens is 1. The lowest BCUT2D eigenvalue weighted by Crippen LogP contribution is -2.03. The van der Waals surface area contributed by atoms with Crippen LogP contribution in [0.4, 0.5) is 5.82 Å². The summed E-state index contributed by atoms with van der Waals surface area (Å²) in [5, 5.41) is 9.86.